The van der Waals surface area contributed by atoms with Gasteiger partial charge in [0.05, 0.1) is 11.3 Å². The molecule has 0 atom stereocenters. The van der Waals surface area contributed by atoms with Gasteiger partial charge in [0.1, 0.15) is 0 Å². The Morgan fingerprint density at radius 3 is 2.79 bits per heavy atom. The quantitative estimate of drug-likeness (QED) is 0.880. The highest BCUT2D eigenvalue weighted by Gasteiger charge is 2.11. The number of rotatable bonds is 3. The molecule has 0 fully saturated rings. The maximum absolute atomic E-state index is 12.1. The summed E-state index contributed by atoms with van der Waals surface area (Å²) in [6.07, 6.45) is 1.91. The molecule has 0 unspecified atom stereocenters. The number of aromatic nitrogens is 2. The number of aryl methyl sites for hydroxylation is 2. The minimum absolute atomic E-state index is 0.114. The third-order valence-corrected chi connectivity index (χ3v) is 3.91. The first kappa shape index (κ1) is 14.3. The van der Waals surface area contributed by atoms with E-state index in [9.17, 15) is 4.79 Å². The van der Waals surface area contributed by atoms with Gasteiger partial charge in [0.25, 0.3) is 5.91 Å². The molecule has 6 heteroatoms. The number of hydrogen-bond acceptors (Lipinski definition) is 2. The zero-order valence-electron chi connectivity index (χ0n) is 10.6. The highest BCUT2D eigenvalue weighted by atomic mass is 79.9. The minimum Gasteiger partial charge on any atom is -0.348 e. The van der Waals surface area contributed by atoms with E-state index < -0.39 is 0 Å². The summed E-state index contributed by atoms with van der Waals surface area (Å²) in [6.45, 7) is 2.40. The second kappa shape index (κ2) is 5.88. The maximum atomic E-state index is 12.1. The molecule has 100 valence electrons. The molecule has 0 saturated heterocycles. The normalized spacial score (nSPS) is 10.5. The van der Waals surface area contributed by atoms with Crippen molar-refractivity contribution in [3.05, 3.63) is 50.2 Å². The molecule has 0 aliphatic carbocycles. The molecule has 0 saturated carbocycles. The van der Waals surface area contributed by atoms with Gasteiger partial charge in [-0.05, 0) is 41.1 Å². The number of amides is 1. The summed E-state index contributed by atoms with van der Waals surface area (Å²) < 4.78 is 3.39. The van der Waals surface area contributed by atoms with Gasteiger partial charge in [0.15, 0.2) is 0 Å². The summed E-state index contributed by atoms with van der Waals surface area (Å²) >= 11 is 6.74. The van der Waals surface area contributed by atoms with Crippen LogP contribution in [-0.2, 0) is 13.6 Å². The van der Waals surface area contributed by atoms with Gasteiger partial charge >= 0.3 is 0 Å². The van der Waals surface area contributed by atoms with Crippen LogP contribution in [0.2, 0.25) is 0 Å². The number of hydrogen-bond donors (Lipinski definition) is 1. The lowest BCUT2D eigenvalue weighted by molar-refractivity contribution is 0.0950. The molecular weight excluding hydrogens is 374 g/mol. The number of carbonyl (C=O) groups excluding carboxylic acids is 1. The van der Waals surface area contributed by atoms with Crippen molar-refractivity contribution in [1.82, 2.24) is 15.1 Å². The summed E-state index contributed by atoms with van der Waals surface area (Å²) in [5.41, 5.74) is 2.55. The van der Waals surface area contributed by atoms with Crippen LogP contribution in [-0.4, -0.2) is 15.7 Å². The van der Waals surface area contributed by atoms with Crippen LogP contribution in [0.5, 0.6) is 0 Å². The lowest BCUT2D eigenvalue weighted by Gasteiger charge is -2.06. The smallest absolute Gasteiger partial charge is 0.252 e. The van der Waals surface area contributed by atoms with E-state index in [1.807, 2.05) is 32.3 Å². The van der Waals surface area contributed by atoms with Gasteiger partial charge in [-0.1, -0.05) is 15.9 Å². The molecule has 1 N–H and O–H groups in total. The van der Waals surface area contributed by atoms with Crippen LogP contribution in [0.25, 0.3) is 0 Å². The zero-order valence-corrected chi connectivity index (χ0v) is 13.7. The van der Waals surface area contributed by atoms with Gasteiger partial charge in [-0.3, -0.25) is 9.48 Å². The van der Waals surface area contributed by atoms with E-state index in [1.165, 1.54) is 0 Å². The summed E-state index contributed by atoms with van der Waals surface area (Å²) in [5, 5.41) is 7.14. The first-order valence-electron chi connectivity index (χ1n) is 5.69. The molecule has 4 nitrogen and oxygen atoms in total. The molecule has 0 spiro atoms. The summed E-state index contributed by atoms with van der Waals surface area (Å²) in [7, 11) is 1.86. The maximum Gasteiger partial charge on any atom is 0.252 e. The van der Waals surface area contributed by atoms with Crippen LogP contribution < -0.4 is 5.32 Å². The molecule has 19 heavy (non-hydrogen) atoms. The van der Waals surface area contributed by atoms with E-state index in [-0.39, 0.29) is 5.91 Å². The molecule has 1 aromatic heterocycles. The second-order valence-electron chi connectivity index (χ2n) is 4.22. The molecule has 1 aromatic carbocycles. The van der Waals surface area contributed by atoms with E-state index in [4.69, 9.17) is 0 Å². The topological polar surface area (TPSA) is 46.9 Å². The van der Waals surface area contributed by atoms with Crippen molar-refractivity contribution in [2.75, 3.05) is 0 Å². The summed E-state index contributed by atoms with van der Waals surface area (Å²) in [5.74, 6) is -0.114. The Morgan fingerprint density at radius 2 is 2.16 bits per heavy atom. The molecule has 1 heterocycles. The van der Waals surface area contributed by atoms with Crippen LogP contribution in [0.15, 0.2) is 33.3 Å². The van der Waals surface area contributed by atoms with E-state index in [0.717, 1.165) is 20.2 Å². The lowest BCUT2D eigenvalue weighted by Crippen LogP contribution is -2.23. The number of carbonyl (C=O) groups is 1. The van der Waals surface area contributed by atoms with Gasteiger partial charge in [-0.2, -0.15) is 5.10 Å². The van der Waals surface area contributed by atoms with Crippen LogP contribution in [0, 0.1) is 6.92 Å². The van der Waals surface area contributed by atoms with Gasteiger partial charge in [-0.25, -0.2) is 0 Å². The summed E-state index contributed by atoms with van der Waals surface area (Å²) in [6, 6.07) is 5.51. The van der Waals surface area contributed by atoms with Crippen molar-refractivity contribution < 1.29 is 4.79 Å². The minimum atomic E-state index is -0.114. The SMILES string of the molecule is Cc1nn(C)cc1CNC(=O)c1cc(Br)ccc1Br. The van der Waals surface area contributed by atoms with Crippen LogP contribution in [0.1, 0.15) is 21.6 Å². The van der Waals surface area contributed by atoms with Crippen molar-refractivity contribution in [3.63, 3.8) is 0 Å². The molecule has 0 aliphatic heterocycles. The van der Waals surface area contributed by atoms with Crippen molar-refractivity contribution in [1.29, 1.82) is 0 Å². The highest BCUT2D eigenvalue weighted by molar-refractivity contribution is 9.11. The number of nitrogens with zero attached hydrogens (tertiary/aromatic N) is 2. The van der Waals surface area contributed by atoms with Gasteiger partial charge < -0.3 is 5.32 Å². The Hall–Kier alpha value is -1.14. The molecule has 0 radical (unpaired) electrons. The Bertz CT molecular complexity index is 622. The van der Waals surface area contributed by atoms with Crippen molar-refractivity contribution in [2.45, 2.75) is 13.5 Å². The first-order valence-corrected chi connectivity index (χ1v) is 7.28. The van der Waals surface area contributed by atoms with Gasteiger partial charge in [0, 0.05) is 34.3 Å². The average molecular weight is 387 g/mol. The molecular formula is C13H13Br2N3O. The van der Waals surface area contributed by atoms with E-state index in [1.54, 1.807) is 10.7 Å². The molecule has 2 rings (SSSR count). The van der Waals surface area contributed by atoms with E-state index >= 15 is 0 Å². The largest absolute Gasteiger partial charge is 0.348 e. The van der Waals surface area contributed by atoms with Crippen molar-refractivity contribution in [3.8, 4) is 0 Å². The monoisotopic (exact) mass is 385 g/mol. The van der Waals surface area contributed by atoms with Crippen LogP contribution in [0.4, 0.5) is 0 Å². The second-order valence-corrected chi connectivity index (χ2v) is 5.99. The Labute approximate surface area is 128 Å². The molecule has 0 aliphatic rings. The van der Waals surface area contributed by atoms with Crippen molar-refractivity contribution >= 4 is 37.8 Å². The fourth-order valence-corrected chi connectivity index (χ4v) is 2.55. The first-order chi connectivity index (χ1) is 8.97. The van der Waals surface area contributed by atoms with Crippen LogP contribution in [0.3, 0.4) is 0 Å². The Balaban J connectivity index is 2.09. The predicted molar refractivity (Wildman–Crippen MR) is 81.0 cm³/mol. The summed E-state index contributed by atoms with van der Waals surface area (Å²) in [4.78, 5) is 12.1. The number of benzene rings is 1. The third kappa shape index (κ3) is 3.45. The van der Waals surface area contributed by atoms with Gasteiger partial charge in [-0.15, -0.1) is 0 Å². The molecule has 0 bridgehead atoms. The highest BCUT2D eigenvalue weighted by Crippen LogP contribution is 2.21. The third-order valence-electron chi connectivity index (χ3n) is 2.73. The average Bonchev–Trinajstić information content (AvgIpc) is 2.68. The molecule has 2 aromatic rings. The number of nitrogens with one attached hydrogen (secondary N) is 1. The number of halogens is 2. The Morgan fingerprint density at radius 1 is 1.42 bits per heavy atom. The van der Waals surface area contributed by atoms with Gasteiger partial charge in [0.2, 0.25) is 0 Å². The predicted octanol–water partition coefficient (Wildman–Crippen LogP) is 3.18. The van der Waals surface area contributed by atoms with E-state index in [2.05, 4.69) is 42.3 Å². The van der Waals surface area contributed by atoms with Crippen molar-refractivity contribution in [2.24, 2.45) is 7.05 Å². The fourth-order valence-electron chi connectivity index (χ4n) is 1.76. The standard InChI is InChI=1S/C13H13Br2N3O/c1-8-9(7-18(2)17-8)6-16-13(19)11-5-10(14)3-4-12(11)15/h3-5,7H,6H2,1-2H3,(H,16,19). The van der Waals surface area contributed by atoms with Crippen LogP contribution >= 0.6 is 31.9 Å². The lowest BCUT2D eigenvalue weighted by atomic mass is 10.2. The fraction of sp³-hybridized carbons (Fsp3) is 0.231. The Kier molecular flexibility index (Phi) is 4.42. The zero-order chi connectivity index (χ0) is 14.0. The van der Waals surface area contributed by atoms with E-state index in [0.29, 0.717) is 12.1 Å². The molecule has 1 amide bonds.